The van der Waals surface area contributed by atoms with Gasteiger partial charge in [-0.2, -0.15) is 0 Å². The number of nitrogens with zero attached hydrogens (tertiary/aromatic N) is 2. The van der Waals surface area contributed by atoms with E-state index in [9.17, 15) is 0 Å². The van der Waals surface area contributed by atoms with E-state index in [-0.39, 0.29) is 0 Å². The third kappa shape index (κ3) is 2.86. The standard InChI is InChI=1S/C11H23N5/c1-8-4-3-5-9(2)16(8)15-11(14-12)13-10-6-7-10/h8-10H,3-7,12H2,1-2H3,(H2,13,14,15). The first-order valence-electron chi connectivity index (χ1n) is 6.30. The SMILES string of the molecule is CC1CCCC(C)N1NC(=NC1CC1)NN. The first kappa shape index (κ1) is 11.7. The van der Waals surface area contributed by atoms with Crippen LogP contribution in [0.5, 0.6) is 0 Å². The van der Waals surface area contributed by atoms with Gasteiger partial charge < -0.3 is 0 Å². The molecule has 0 bridgehead atoms. The van der Waals surface area contributed by atoms with Crippen molar-refractivity contribution in [3.8, 4) is 0 Å². The fraction of sp³-hybridized carbons (Fsp3) is 0.909. The van der Waals surface area contributed by atoms with Gasteiger partial charge in [-0.3, -0.25) is 10.9 Å². The molecule has 0 amide bonds. The van der Waals surface area contributed by atoms with Gasteiger partial charge in [0, 0.05) is 12.1 Å². The second-order valence-corrected chi connectivity index (χ2v) is 5.00. The number of nitrogens with one attached hydrogen (secondary N) is 2. The van der Waals surface area contributed by atoms with Gasteiger partial charge in [0.25, 0.3) is 0 Å². The van der Waals surface area contributed by atoms with Gasteiger partial charge in [0.15, 0.2) is 0 Å². The summed E-state index contributed by atoms with van der Waals surface area (Å²) in [4.78, 5) is 4.50. The Kier molecular flexibility index (Phi) is 3.66. The molecule has 1 saturated carbocycles. The Morgan fingerprint density at radius 3 is 2.31 bits per heavy atom. The Balaban J connectivity index is 1.94. The fourth-order valence-corrected chi connectivity index (χ4v) is 2.25. The summed E-state index contributed by atoms with van der Waals surface area (Å²) in [6.45, 7) is 4.49. The lowest BCUT2D eigenvalue weighted by Gasteiger charge is -2.39. The van der Waals surface area contributed by atoms with Crippen molar-refractivity contribution in [3.63, 3.8) is 0 Å². The molecule has 0 aromatic heterocycles. The van der Waals surface area contributed by atoms with Gasteiger partial charge in [0.05, 0.1) is 6.04 Å². The highest BCUT2D eigenvalue weighted by Crippen LogP contribution is 2.24. The molecule has 2 aliphatic rings. The second kappa shape index (κ2) is 5.01. The highest BCUT2D eigenvalue weighted by Gasteiger charge is 2.26. The maximum atomic E-state index is 5.49. The summed E-state index contributed by atoms with van der Waals surface area (Å²) in [5.41, 5.74) is 5.98. The van der Waals surface area contributed by atoms with Crippen LogP contribution >= 0.6 is 0 Å². The zero-order valence-electron chi connectivity index (χ0n) is 10.2. The van der Waals surface area contributed by atoms with E-state index < -0.39 is 0 Å². The normalized spacial score (nSPS) is 32.6. The van der Waals surface area contributed by atoms with Crippen molar-refractivity contribution in [1.82, 2.24) is 15.9 Å². The number of rotatable bonds is 2. The van der Waals surface area contributed by atoms with E-state index in [1.54, 1.807) is 0 Å². The summed E-state index contributed by atoms with van der Waals surface area (Å²) in [5, 5.41) is 2.27. The fourth-order valence-electron chi connectivity index (χ4n) is 2.25. The Morgan fingerprint density at radius 2 is 1.81 bits per heavy atom. The molecule has 92 valence electrons. The van der Waals surface area contributed by atoms with Crippen LogP contribution in [-0.2, 0) is 0 Å². The van der Waals surface area contributed by atoms with Crippen LogP contribution in [0.1, 0.15) is 46.0 Å². The Hall–Kier alpha value is -0.810. The average Bonchev–Trinajstić information content (AvgIpc) is 3.06. The van der Waals surface area contributed by atoms with E-state index in [1.165, 1.54) is 32.1 Å². The third-order valence-corrected chi connectivity index (χ3v) is 3.42. The van der Waals surface area contributed by atoms with Crippen LogP contribution in [0.3, 0.4) is 0 Å². The van der Waals surface area contributed by atoms with Crippen LogP contribution in [0.15, 0.2) is 4.99 Å². The second-order valence-electron chi connectivity index (χ2n) is 5.00. The van der Waals surface area contributed by atoms with E-state index in [0.717, 1.165) is 0 Å². The molecule has 0 aromatic carbocycles. The Bertz CT molecular complexity index is 251. The smallest absolute Gasteiger partial charge is 0.220 e. The number of piperidine rings is 1. The van der Waals surface area contributed by atoms with Crippen molar-refractivity contribution >= 4 is 5.96 Å². The van der Waals surface area contributed by atoms with Crippen molar-refractivity contribution in [3.05, 3.63) is 0 Å². The molecule has 1 aliphatic heterocycles. The third-order valence-electron chi connectivity index (χ3n) is 3.42. The summed E-state index contributed by atoms with van der Waals surface area (Å²) < 4.78 is 0. The lowest BCUT2D eigenvalue weighted by molar-refractivity contribution is 0.0724. The highest BCUT2D eigenvalue weighted by atomic mass is 15.6. The van der Waals surface area contributed by atoms with Gasteiger partial charge in [-0.05, 0) is 39.5 Å². The van der Waals surface area contributed by atoms with Gasteiger partial charge in [0.1, 0.15) is 0 Å². The molecule has 16 heavy (non-hydrogen) atoms. The molecule has 1 saturated heterocycles. The van der Waals surface area contributed by atoms with E-state index >= 15 is 0 Å². The predicted octanol–water partition coefficient (Wildman–Crippen LogP) is 0.736. The summed E-state index contributed by atoms with van der Waals surface area (Å²) in [6, 6.07) is 1.57. The summed E-state index contributed by atoms with van der Waals surface area (Å²) in [6.07, 6.45) is 6.17. The van der Waals surface area contributed by atoms with Gasteiger partial charge in [0.2, 0.25) is 5.96 Å². The van der Waals surface area contributed by atoms with E-state index in [0.29, 0.717) is 24.1 Å². The lowest BCUT2D eigenvalue weighted by Crippen LogP contribution is -2.58. The monoisotopic (exact) mass is 225 g/mol. The number of aliphatic imine (C=N–C) groups is 1. The van der Waals surface area contributed by atoms with Crippen molar-refractivity contribution in [2.75, 3.05) is 0 Å². The maximum Gasteiger partial charge on any atom is 0.220 e. The van der Waals surface area contributed by atoms with E-state index in [4.69, 9.17) is 5.84 Å². The average molecular weight is 225 g/mol. The number of nitrogens with two attached hydrogens (primary N) is 1. The predicted molar refractivity (Wildman–Crippen MR) is 65.5 cm³/mol. The summed E-state index contributed by atoms with van der Waals surface area (Å²) in [5.74, 6) is 6.20. The zero-order valence-corrected chi connectivity index (χ0v) is 10.2. The topological polar surface area (TPSA) is 65.7 Å². The van der Waals surface area contributed by atoms with Crippen molar-refractivity contribution in [1.29, 1.82) is 0 Å². The van der Waals surface area contributed by atoms with Gasteiger partial charge in [-0.1, -0.05) is 6.42 Å². The first-order valence-corrected chi connectivity index (χ1v) is 6.30. The highest BCUT2D eigenvalue weighted by molar-refractivity contribution is 5.79. The summed E-state index contributed by atoms with van der Waals surface area (Å²) in [7, 11) is 0. The molecule has 5 heteroatoms. The molecule has 0 aromatic rings. The van der Waals surface area contributed by atoms with Crippen LogP contribution in [-0.4, -0.2) is 29.1 Å². The molecule has 5 nitrogen and oxygen atoms in total. The molecule has 0 spiro atoms. The number of guanidine groups is 1. The zero-order chi connectivity index (χ0) is 11.5. The molecule has 2 unspecified atom stereocenters. The number of hydrazine groups is 2. The molecule has 2 atom stereocenters. The molecule has 1 heterocycles. The van der Waals surface area contributed by atoms with Crippen LogP contribution in [0.25, 0.3) is 0 Å². The van der Waals surface area contributed by atoms with Crippen LogP contribution in [0.2, 0.25) is 0 Å². The minimum absolute atomic E-state index is 0.481. The molecular weight excluding hydrogens is 202 g/mol. The van der Waals surface area contributed by atoms with Crippen LogP contribution in [0.4, 0.5) is 0 Å². The molecular formula is C11H23N5. The van der Waals surface area contributed by atoms with Crippen molar-refractivity contribution in [2.24, 2.45) is 10.8 Å². The van der Waals surface area contributed by atoms with Gasteiger partial charge in [-0.15, -0.1) is 0 Å². The minimum atomic E-state index is 0.481. The molecule has 2 rings (SSSR count). The Labute approximate surface area is 97.4 Å². The number of hydrogen-bond donors (Lipinski definition) is 3. The number of hydrogen-bond acceptors (Lipinski definition) is 3. The van der Waals surface area contributed by atoms with Gasteiger partial charge >= 0.3 is 0 Å². The van der Waals surface area contributed by atoms with Crippen LogP contribution in [0, 0.1) is 0 Å². The molecule has 0 radical (unpaired) electrons. The quantitative estimate of drug-likeness (QED) is 0.281. The van der Waals surface area contributed by atoms with Crippen molar-refractivity contribution in [2.45, 2.75) is 64.1 Å². The minimum Gasteiger partial charge on any atom is -0.293 e. The lowest BCUT2D eigenvalue weighted by atomic mass is 10.00. The molecule has 1 aliphatic carbocycles. The maximum absolute atomic E-state index is 5.49. The van der Waals surface area contributed by atoms with Crippen molar-refractivity contribution < 1.29 is 0 Å². The first-order chi connectivity index (χ1) is 7.70. The largest absolute Gasteiger partial charge is 0.293 e. The summed E-state index contributed by atoms with van der Waals surface area (Å²) >= 11 is 0. The Morgan fingerprint density at radius 1 is 1.19 bits per heavy atom. The van der Waals surface area contributed by atoms with E-state index in [1.807, 2.05) is 0 Å². The van der Waals surface area contributed by atoms with E-state index in [2.05, 4.69) is 34.7 Å². The van der Waals surface area contributed by atoms with Crippen LogP contribution < -0.4 is 16.7 Å². The molecule has 4 N–H and O–H groups in total. The molecule has 2 fully saturated rings. The van der Waals surface area contributed by atoms with Gasteiger partial charge in [-0.25, -0.2) is 15.8 Å².